The van der Waals surface area contributed by atoms with Gasteiger partial charge in [-0.15, -0.1) is 0 Å². The number of ether oxygens (including phenoxy) is 1. The fourth-order valence-corrected chi connectivity index (χ4v) is 1.71. The van der Waals surface area contributed by atoms with E-state index in [1.54, 1.807) is 0 Å². The first kappa shape index (κ1) is 11.8. The fraction of sp³-hybridized carbons (Fsp3) is 0.455. The van der Waals surface area contributed by atoms with Crippen LogP contribution in [0.2, 0.25) is 0 Å². The summed E-state index contributed by atoms with van der Waals surface area (Å²) in [6, 6.07) is 8.12. The Morgan fingerprint density at radius 1 is 1.29 bits per heavy atom. The molecule has 0 amide bonds. The number of quaternary nitrogens is 1. The fourth-order valence-electron chi connectivity index (χ4n) is 1.17. The monoisotopic (exact) mass is 306 g/mol. The van der Waals surface area contributed by atoms with Gasteiger partial charge in [0.25, 0.3) is 0 Å². The van der Waals surface area contributed by atoms with Gasteiger partial charge in [0.05, 0.1) is 30.8 Å². The standard InChI is InChI=1S/C11H16INO/c1-13(2)8-5-9-14-11-7-4-3-6-10(11)12/h3-4,6-7H,5,8-9H2,1-2H3/p+1. The van der Waals surface area contributed by atoms with Crippen molar-refractivity contribution in [3.63, 3.8) is 0 Å². The van der Waals surface area contributed by atoms with Crippen molar-refractivity contribution in [2.24, 2.45) is 0 Å². The number of rotatable bonds is 5. The highest BCUT2D eigenvalue weighted by atomic mass is 127. The largest absolute Gasteiger partial charge is 0.492 e. The van der Waals surface area contributed by atoms with Crippen LogP contribution < -0.4 is 9.64 Å². The maximum Gasteiger partial charge on any atom is 0.132 e. The number of hydrogen-bond acceptors (Lipinski definition) is 1. The molecule has 0 bridgehead atoms. The Bertz CT molecular complexity index is 276. The second-order valence-corrected chi connectivity index (χ2v) is 4.75. The molecule has 0 aliphatic rings. The number of hydrogen-bond donors (Lipinski definition) is 1. The molecule has 0 atom stereocenters. The summed E-state index contributed by atoms with van der Waals surface area (Å²) in [5, 5.41) is 0. The van der Waals surface area contributed by atoms with Crippen LogP contribution in [0.15, 0.2) is 24.3 Å². The minimum atomic E-state index is 0.811. The summed E-state index contributed by atoms with van der Waals surface area (Å²) in [7, 11) is 4.32. The van der Waals surface area contributed by atoms with Gasteiger partial charge in [-0.05, 0) is 34.7 Å². The third-order valence-corrected chi connectivity index (χ3v) is 2.81. The highest BCUT2D eigenvalue weighted by molar-refractivity contribution is 14.1. The normalized spacial score (nSPS) is 10.6. The lowest BCUT2D eigenvalue weighted by molar-refractivity contribution is -0.858. The number of halogens is 1. The highest BCUT2D eigenvalue weighted by Crippen LogP contribution is 2.19. The molecule has 1 rings (SSSR count). The average molecular weight is 306 g/mol. The Hall–Kier alpha value is -0.290. The molecule has 0 saturated carbocycles. The third kappa shape index (κ3) is 4.28. The van der Waals surface area contributed by atoms with Crippen LogP contribution in [0.3, 0.4) is 0 Å². The minimum Gasteiger partial charge on any atom is -0.492 e. The molecule has 0 unspecified atom stereocenters. The molecule has 0 aliphatic heterocycles. The van der Waals surface area contributed by atoms with Crippen LogP contribution in [0.4, 0.5) is 0 Å². The molecule has 2 nitrogen and oxygen atoms in total. The molecule has 0 spiro atoms. The van der Waals surface area contributed by atoms with Crippen LogP contribution in [-0.4, -0.2) is 27.2 Å². The summed E-state index contributed by atoms with van der Waals surface area (Å²) in [5.41, 5.74) is 0. The average Bonchev–Trinajstić information content (AvgIpc) is 2.15. The second-order valence-electron chi connectivity index (χ2n) is 3.59. The van der Waals surface area contributed by atoms with E-state index in [9.17, 15) is 0 Å². The molecule has 1 aromatic rings. The summed E-state index contributed by atoms with van der Waals surface area (Å²) in [6.07, 6.45) is 1.10. The van der Waals surface area contributed by atoms with Gasteiger partial charge in [-0.25, -0.2) is 0 Å². The first-order valence-electron chi connectivity index (χ1n) is 4.86. The van der Waals surface area contributed by atoms with E-state index in [2.05, 4.69) is 42.8 Å². The van der Waals surface area contributed by atoms with E-state index >= 15 is 0 Å². The van der Waals surface area contributed by atoms with Gasteiger partial charge in [0.1, 0.15) is 5.75 Å². The molecular weight excluding hydrogens is 289 g/mol. The van der Waals surface area contributed by atoms with Crippen LogP contribution in [0.1, 0.15) is 6.42 Å². The zero-order valence-corrected chi connectivity index (χ0v) is 10.9. The highest BCUT2D eigenvalue weighted by Gasteiger charge is 1.99. The molecule has 0 fully saturated rings. The van der Waals surface area contributed by atoms with Crippen LogP contribution in [-0.2, 0) is 0 Å². The van der Waals surface area contributed by atoms with Gasteiger partial charge in [-0.2, -0.15) is 0 Å². The Labute approximate surface area is 99.4 Å². The van der Waals surface area contributed by atoms with Crippen molar-refractivity contribution < 1.29 is 9.64 Å². The summed E-state index contributed by atoms with van der Waals surface area (Å²) >= 11 is 2.30. The lowest BCUT2D eigenvalue weighted by atomic mass is 10.3. The predicted octanol–water partition coefficient (Wildman–Crippen LogP) is 1.20. The lowest BCUT2D eigenvalue weighted by Crippen LogP contribution is -3.05. The molecule has 0 radical (unpaired) electrons. The second kappa shape index (κ2) is 6.24. The first-order valence-corrected chi connectivity index (χ1v) is 5.94. The van der Waals surface area contributed by atoms with Crippen LogP contribution in [0.25, 0.3) is 0 Å². The van der Waals surface area contributed by atoms with Gasteiger partial charge in [-0.1, -0.05) is 12.1 Å². The van der Waals surface area contributed by atoms with E-state index in [-0.39, 0.29) is 0 Å². The summed E-state index contributed by atoms with van der Waals surface area (Å²) in [5.74, 6) is 1.00. The Morgan fingerprint density at radius 2 is 2.00 bits per heavy atom. The van der Waals surface area contributed by atoms with Crippen molar-refractivity contribution in [2.45, 2.75) is 6.42 Å². The molecule has 0 saturated heterocycles. The zero-order valence-electron chi connectivity index (χ0n) is 8.72. The molecule has 1 aromatic carbocycles. The smallest absolute Gasteiger partial charge is 0.132 e. The van der Waals surface area contributed by atoms with Gasteiger partial charge < -0.3 is 9.64 Å². The topological polar surface area (TPSA) is 13.7 Å². The molecule has 0 aliphatic carbocycles. The van der Waals surface area contributed by atoms with Crippen molar-refractivity contribution in [1.82, 2.24) is 0 Å². The van der Waals surface area contributed by atoms with Crippen molar-refractivity contribution in [3.05, 3.63) is 27.8 Å². The molecule has 0 heterocycles. The molecule has 78 valence electrons. The predicted molar refractivity (Wildman–Crippen MR) is 66.9 cm³/mol. The Balaban J connectivity index is 2.28. The minimum absolute atomic E-state index is 0.811. The molecule has 0 aromatic heterocycles. The first-order chi connectivity index (χ1) is 6.70. The van der Waals surface area contributed by atoms with Crippen LogP contribution >= 0.6 is 22.6 Å². The molecule has 1 N–H and O–H groups in total. The Kier molecular flexibility index (Phi) is 5.25. The van der Waals surface area contributed by atoms with Gasteiger partial charge in [-0.3, -0.25) is 0 Å². The van der Waals surface area contributed by atoms with E-state index in [1.807, 2.05) is 18.2 Å². The SMILES string of the molecule is C[NH+](C)CCCOc1ccccc1I. The number of para-hydroxylation sites is 1. The zero-order chi connectivity index (χ0) is 10.4. The number of benzene rings is 1. The molecular formula is C11H17INO+. The molecule has 14 heavy (non-hydrogen) atoms. The van der Waals surface area contributed by atoms with Gasteiger partial charge in [0, 0.05) is 6.42 Å². The van der Waals surface area contributed by atoms with Crippen molar-refractivity contribution in [1.29, 1.82) is 0 Å². The lowest BCUT2D eigenvalue weighted by Gasteiger charge is -2.09. The van der Waals surface area contributed by atoms with Crippen LogP contribution in [0, 0.1) is 3.57 Å². The maximum atomic E-state index is 5.67. The quantitative estimate of drug-likeness (QED) is 0.638. The van der Waals surface area contributed by atoms with Crippen molar-refractivity contribution in [2.75, 3.05) is 27.2 Å². The number of nitrogens with one attached hydrogen (secondary N) is 1. The van der Waals surface area contributed by atoms with Gasteiger partial charge in [0.2, 0.25) is 0 Å². The van der Waals surface area contributed by atoms with Crippen molar-refractivity contribution in [3.8, 4) is 5.75 Å². The Morgan fingerprint density at radius 3 is 2.64 bits per heavy atom. The summed E-state index contributed by atoms with van der Waals surface area (Å²) in [6.45, 7) is 1.97. The summed E-state index contributed by atoms with van der Waals surface area (Å²) in [4.78, 5) is 1.47. The van der Waals surface area contributed by atoms with E-state index in [4.69, 9.17) is 4.74 Å². The van der Waals surface area contributed by atoms with E-state index in [0.29, 0.717) is 0 Å². The van der Waals surface area contributed by atoms with Gasteiger partial charge >= 0.3 is 0 Å². The maximum absolute atomic E-state index is 5.67. The third-order valence-electron chi connectivity index (χ3n) is 1.92. The van der Waals surface area contributed by atoms with Crippen molar-refractivity contribution >= 4 is 22.6 Å². The van der Waals surface area contributed by atoms with Crippen LogP contribution in [0.5, 0.6) is 5.75 Å². The van der Waals surface area contributed by atoms with Gasteiger partial charge in [0.15, 0.2) is 0 Å². The molecule has 3 heteroatoms. The van der Waals surface area contributed by atoms with E-state index in [0.717, 1.165) is 25.3 Å². The van der Waals surface area contributed by atoms with E-state index in [1.165, 1.54) is 8.47 Å². The summed E-state index contributed by atoms with van der Waals surface area (Å²) < 4.78 is 6.85. The van der Waals surface area contributed by atoms with E-state index < -0.39 is 0 Å².